The summed E-state index contributed by atoms with van der Waals surface area (Å²) in [5, 5.41) is 0. The lowest BCUT2D eigenvalue weighted by molar-refractivity contribution is 0.534. The van der Waals surface area contributed by atoms with E-state index in [0.717, 1.165) is 0 Å². The zero-order valence-electron chi connectivity index (χ0n) is 7.46. The largest absolute Gasteiger partial charge is 0.430 e. The minimum Gasteiger partial charge on any atom is -0.430 e. The highest BCUT2D eigenvalue weighted by molar-refractivity contribution is 8.84. The van der Waals surface area contributed by atoms with Gasteiger partial charge in [-0.25, -0.2) is 0 Å². The molecule has 0 amide bonds. The molecule has 2 aliphatic rings. The maximum absolute atomic E-state index is 5.42. The van der Waals surface area contributed by atoms with Crippen LogP contribution in [-0.4, -0.2) is 4.86 Å². The van der Waals surface area contributed by atoms with E-state index in [2.05, 4.69) is 32.9 Å². The van der Waals surface area contributed by atoms with Crippen molar-refractivity contribution in [2.24, 2.45) is 5.41 Å². The van der Waals surface area contributed by atoms with Crippen LogP contribution >= 0.6 is 20.6 Å². The Balaban J connectivity index is 2.23. The molecule has 2 rings (SSSR count). The molecule has 0 aromatic heterocycles. The summed E-state index contributed by atoms with van der Waals surface area (Å²) in [6.07, 6.45) is 6.12. The van der Waals surface area contributed by atoms with Crippen LogP contribution in [0, 0.1) is 5.41 Å². The number of hydrogen-bond donors (Lipinski definition) is 0. The molecular weight excluding hydrogens is 188 g/mol. The van der Waals surface area contributed by atoms with Crippen LogP contribution in [0.15, 0.2) is 23.3 Å². The molecule has 2 heterocycles. The molecule has 3 heteroatoms. The van der Waals surface area contributed by atoms with Crippen molar-refractivity contribution in [1.82, 2.24) is 0 Å². The topological polar surface area (TPSA) is 9.23 Å². The number of hydrogen-bond acceptors (Lipinski definition) is 2. The highest BCUT2D eigenvalue weighted by atomic mass is 33.1. The molecule has 0 aromatic carbocycles. The summed E-state index contributed by atoms with van der Waals surface area (Å²) < 4.78 is 5.42. The van der Waals surface area contributed by atoms with Crippen LogP contribution in [0.25, 0.3) is 0 Å². The van der Waals surface area contributed by atoms with Crippen molar-refractivity contribution in [3.63, 3.8) is 0 Å². The monoisotopic (exact) mass is 200 g/mol. The molecule has 0 saturated heterocycles. The Morgan fingerprint density at radius 3 is 2.75 bits per heavy atom. The Bertz CT molecular complexity index is 305. The Morgan fingerprint density at radius 1 is 1.42 bits per heavy atom. The highest BCUT2D eigenvalue weighted by Crippen LogP contribution is 2.53. The van der Waals surface area contributed by atoms with E-state index in [1.807, 2.05) is 10.8 Å². The number of allylic oxidation sites excluding steroid dienone is 3. The molecule has 0 aliphatic carbocycles. The predicted molar refractivity (Wildman–Crippen MR) is 58.0 cm³/mol. The van der Waals surface area contributed by atoms with Gasteiger partial charge < -0.3 is 4.18 Å². The highest BCUT2D eigenvalue weighted by Gasteiger charge is 2.26. The van der Waals surface area contributed by atoms with Gasteiger partial charge in [0.2, 0.25) is 0 Å². The van der Waals surface area contributed by atoms with Gasteiger partial charge in [-0.3, -0.25) is 0 Å². The van der Waals surface area contributed by atoms with Crippen LogP contribution in [0.4, 0.5) is 0 Å². The van der Waals surface area contributed by atoms with Gasteiger partial charge in [0.25, 0.3) is 0 Å². The molecule has 2 aliphatic heterocycles. The molecule has 1 atom stereocenters. The average molecular weight is 200 g/mol. The van der Waals surface area contributed by atoms with Crippen LogP contribution in [0.5, 0.6) is 0 Å². The first-order chi connectivity index (χ1) is 5.57. The van der Waals surface area contributed by atoms with Crippen LogP contribution in [0.2, 0.25) is 0 Å². The van der Waals surface area contributed by atoms with Gasteiger partial charge in [0.1, 0.15) is 6.26 Å². The van der Waals surface area contributed by atoms with Crippen molar-refractivity contribution in [3.05, 3.63) is 23.3 Å². The lowest BCUT2D eigenvalue weighted by atomic mass is 9.95. The molecule has 0 saturated carbocycles. The average Bonchev–Trinajstić information content (AvgIpc) is 2.37. The summed E-state index contributed by atoms with van der Waals surface area (Å²) in [6.45, 7) is 6.71. The zero-order valence-corrected chi connectivity index (χ0v) is 9.09. The van der Waals surface area contributed by atoms with Crippen molar-refractivity contribution in [2.75, 3.05) is 0 Å². The Hall–Kier alpha value is -0.150. The second-order valence-corrected chi connectivity index (χ2v) is 7.03. The number of rotatable bonds is 0. The Morgan fingerprint density at radius 2 is 2.17 bits per heavy atom. The molecule has 0 radical (unpaired) electrons. The summed E-state index contributed by atoms with van der Waals surface area (Å²) in [7, 11) is 1.84. The summed E-state index contributed by atoms with van der Waals surface area (Å²) in [5.41, 5.74) is 0.270. The fourth-order valence-corrected chi connectivity index (χ4v) is 4.68. The molecule has 0 spiro atoms. The second-order valence-electron chi connectivity index (χ2n) is 3.88. The first kappa shape index (κ1) is 8.45. The van der Waals surface area contributed by atoms with E-state index in [9.17, 15) is 0 Å². The van der Waals surface area contributed by atoms with Gasteiger partial charge in [-0.2, -0.15) is 0 Å². The van der Waals surface area contributed by atoms with Gasteiger partial charge in [0.05, 0.1) is 9.80 Å². The van der Waals surface area contributed by atoms with Crippen LogP contribution in [0.3, 0.4) is 0 Å². The fourth-order valence-electron chi connectivity index (χ4n) is 0.997. The van der Waals surface area contributed by atoms with E-state index < -0.39 is 0 Å². The lowest BCUT2D eigenvalue weighted by Crippen LogP contribution is -2.05. The third-order valence-electron chi connectivity index (χ3n) is 1.75. The first-order valence-corrected chi connectivity index (χ1v) is 6.41. The standard InChI is InChI=1S/C9H12OS2/c1-9(2,3)8-6-7-4-5-10-12(7)11-8/h4-6H,1-3H3. The summed E-state index contributed by atoms with van der Waals surface area (Å²) in [4.78, 5) is 2.77. The SMILES string of the molecule is CC(C)(C)C1=CC2=S(OC=C2)S1. The summed E-state index contributed by atoms with van der Waals surface area (Å²) in [5.74, 6) is 0. The van der Waals surface area contributed by atoms with E-state index >= 15 is 0 Å². The van der Waals surface area contributed by atoms with Crippen LogP contribution < -0.4 is 0 Å². The van der Waals surface area contributed by atoms with E-state index in [0.29, 0.717) is 0 Å². The summed E-state index contributed by atoms with van der Waals surface area (Å²) in [6, 6.07) is 0. The molecule has 66 valence electrons. The third-order valence-corrected chi connectivity index (χ3v) is 5.54. The Kier molecular flexibility index (Phi) is 1.88. The van der Waals surface area contributed by atoms with E-state index in [-0.39, 0.29) is 15.2 Å². The normalized spacial score (nSPS) is 27.1. The first-order valence-electron chi connectivity index (χ1n) is 3.93. The quantitative estimate of drug-likeness (QED) is 0.437. The smallest absolute Gasteiger partial charge is 0.103 e. The second kappa shape index (κ2) is 2.67. The van der Waals surface area contributed by atoms with Gasteiger partial charge in [-0.05, 0) is 28.4 Å². The minimum atomic E-state index is -0.0148. The van der Waals surface area contributed by atoms with Crippen molar-refractivity contribution in [1.29, 1.82) is 0 Å². The maximum Gasteiger partial charge on any atom is 0.103 e. The molecule has 12 heavy (non-hydrogen) atoms. The van der Waals surface area contributed by atoms with Gasteiger partial charge in [-0.15, -0.1) is 0 Å². The molecule has 0 fully saturated rings. The van der Waals surface area contributed by atoms with Crippen LogP contribution in [0.1, 0.15) is 20.8 Å². The van der Waals surface area contributed by atoms with Gasteiger partial charge in [0, 0.05) is 9.77 Å². The lowest BCUT2D eigenvalue weighted by Gasteiger charge is -2.19. The fraction of sp³-hybridized carbons (Fsp3) is 0.444. The zero-order chi connectivity index (χ0) is 8.77. The molecule has 1 nitrogen and oxygen atoms in total. The van der Waals surface area contributed by atoms with E-state index in [1.165, 1.54) is 9.77 Å². The van der Waals surface area contributed by atoms with E-state index in [4.69, 9.17) is 4.18 Å². The maximum atomic E-state index is 5.42. The van der Waals surface area contributed by atoms with Gasteiger partial charge in [-0.1, -0.05) is 20.8 Å². The van der Waals surface area contributed by atoms with Gasteiger partial charge >= 0.3 is 0 Å². The summed E-state index contributed by atoms with van der Waals surface area (Å²) >= 11 is 0. The van der Waals surface area contributed by atoms with E-state index in [1.54, 1.807) is 6.26 Å². The molecule has 0 N–H and O–H groups in total. The third kappa shape index (κ3) is 1.36. The van der Waals surface area contributed by atoms with Crippen molar-refractivity contribution >= 4 is 25.5 Å². The molecule has 0 bridgehead atoms. The predicted octanol–water partition coefficient (Wildman–Crippen LogP) is 3.48. The minimum absolute atomic E-state index is 0.0148. The van der Waals surface area contributed by atoms with Crippen molar-refractivity contribution < 1.29 is 4.18 Å². The van der Waals surface area contributed by atoms with Crippen molar-refractivity contribution in [3.8, 4) is 0 Å². The Labute approximate surface area is 79.4 Å². The van der Waals surface area contributed by atoms with Gasteiger partial charge in [0.15, 0.2) is 0 Å². The van der Waals surface area contributed by atoms with Crippen LogP contribution in [-0.2, 0) is 4.18 Å². The molecule has 1 unspecified atom stereocenters. The molecular formula is C9H12OS2. The van der Waals surface area contributed by atoms with Crippen molar-refractivity contribution in [2.45, 2.75) is 20.8 Å². The molecule has 0 aromatic rings.